The molecule has 0 saturated carbocycles. The summed E-state index contributed by atoms with van der Waals surface area (Å²) < 4.78 is 0. The van der Waals surface area contributed by atoms with Gasteiger partial charge < -0.3 is 4.90 Å². The number of carbonyl (C=O) groups excluding carboxylic acids is 1. The van der Waals surface area contributed by atoms with Gasteiger partial charge in [-0.2, -0.15) is 0 Å². The summed E-state index contributed by atoms with van der Waals surface area (Å²) in [7, 11) is 0. The molecule has 2 aromatic carbocycles. The van der Waals surface area contributed by atoms with Crippen LogP contribution in [0, 0.1) is 13.8 Å². The molecule has 1 atom stereocenters. The van der Waals surface area contributed by atoms with Crippen LogP contribution in [0.2, 0.25) is 0 Å². The van der Waals surface area contributed by atoms with E-state index in [-0.39, 0.29) is 5.91 Å². The molecule has 0 radical (unpaired) electrons. The number of hydrogen-bond donors (Lipinski definition) is 0. The predicted molar refractivity (Wildman–Crippen MR) is 132 cm³/mol. The smallest absolute Gasteiger partial charge is 0.253 e. The van der Waals surface area contributed by atoms with Gasteiger partial charge in [-0.3, -0.25) is 14.8 Å². The number of pyridine rings is 2. The number of aryl methyl sites for hydroxylation is 2. The Kier molecular flexibility index (Phi) is 5.74. The van der Waals surface area contributed by atoms with E-state index in [9.17, 15) is 4.79 Å². The average Bonchev–Trinajstić information content (AvgIpc) is 3.34. The van der Waals surface area contributed by atoms with Crippen molar-refractivity contribution in [1.29, 1.82) is 0 Å². The standard InChI is InChI=1S/C29H27N3O/c1-20-13-21(2)15-26(14-20)27-8-7-22(16-28(27)24-6-4-11-31-18-24)29(33)32-12-9-25(19-32)23-5-3-10-30-17-23/h3-8,10-11,13-18,25H,9,12,19H2,1-2H3. The highest BCUT2D eigenvalue weighted by Gasteiger charge is 2.28. The number of amides is 1. The number of nitrogens with zero attached hydrogens (tertiary/aromatic N) is 3. The minimum Gasteiger partial charge on any atom is -0.338 e. The van der Waals surface area contributed by atoms with Crippen LogP contribution in [0.3, 0.4) is 0 Å². The molecule has 1 saturated heterocycles. The molecular formula is C29H27N3O. The van der Waals surface area contributed by atoms with Gasteiger partial charge in [-0.25, -0.2) is 0 Å². The Morgan fingerprint density at radius 2 is 1.61 bits per heavy atom. The maximum atomic E-state index is 13.5. The Labute approximate surface area is 195 Å². The minimum absolute atomic E-state index is 0.0819. The zero-order chi connectivity index (χ0) is 22.8. The molecule has 3 heterocycles. The van der Waals surface area contributed by atoms with Crippen molar-refractivity contribution in [3.63, 3.8) is 0 Å². The van der Waals surface area contributed by atoms with Crippen LogP contribution in [-0.2, 0) is 0 Å². The third-order valence-corrected chi connectivity index (χ3v) is 6.40. The van der Waals surface area contributed by atoms with E-state index in [2.05, 4.69) is 60.2 Å². The lowest BCUT2D eigenvalue weighted by Crippen LogP contribution is -2.28. The summed E-state index contributed by atoms with van der Waals surface area (Å²) in [4.78, 5) is 24.0. The fraction of sp³-hybridized carbons (Fsp3) is 0.207. The molecule has 1 aliphatic heterocycles. The zero-order valence-electron chi connectivity index (χ0n) is 19.0. The summed E-state index contributed by atoms with van der Waals surface area (Å²) in [6, 6.07) is 20.7. The second kappa shape index (κ2) is 8.99. The summed E-state index contributed by atoms with van der Waals surface area (Å²) >= 11 is 0. The van der Waals surface area contributed by atoms with E-state index in [1.165, 1.54) is 16.7 Å². The van der Waals surface area contributed by atoms with Gasteiger partial charge in [-0.15, -0.1) is 0 Å². The molecule has 0 spiro atoms. The van der Waals surface area contributed by atoms with E-state index in [1.807, 2.05) is 41.6 Å². The molecule has 164 valence electrons. The highest BCUT2D eigenvalue weighted by Crippen LogP contribution is 2.35. The SMILES string of the molecule is Cc1cc(C)cc(-c2ccc(C(=O)N3CCC(c4cccnc4)C3)cc2-c2cccnc2)c1. The van der Waals surface area contributed by atoms with Crippen LogP contribution >= 0.6 is 0 Å². The maximum Gasteiger partial charge on any atom is 0.253 e. The van der Waals surface area contributed by atoms with Crippen LogP contribution in [0.15, 0.2) is 85.5 Å². The highest BCUT2D eigenvalue weighted by atomic mass is 16.2. The lowest BCUT2D eigenvalue weighted by molar-refractivity contribution is 0.0791. The Morgan fingerprint density at radius 3 is 2.30 bits per heavy atom. The lowest BCUT2D eigenvalue weighted by Gasteiger charge is -2.19. The minimum atomic E-state index is 0.0819. The summed E-state index contributed by atoms with van der Waals surface area (Å²) in [6.45, 7) is 5.72. The Hall–Kier alpha value is -3.79. The molecule has 0 aliphatic carbocycles. The first-order chi connectivity index (χ1) is 16.1. The van der Waals surface area contributed by atoms with Gasteiger partial charge >= 0.3 is 0 Å². The normalized spacial score (nSPS) is 15.6. The van der Waals surface area contributed by atoms with Crippen LogP contribution in [0.25, 0.3) is 22.3 Å². The van der Waals surface area contributed by atoms with Crippen molar-refractivity contribution >= 4 is 5.91 Å². The van der Waals surface area contributed by atoms with E-state index in [1.54, 1.807) is 12.4 Å². The van der Waals surface area contributed by atoms with Gasteiger partial charge in [-0.1, -0.05) is 47.5 Å². The second-order valence-electron chi connectivity index (χ2n) is 8.90. The summed E-state index contributed by atoms with van der Waals surface area (Å²) in [5.41, 5.74) is 8.67. The first kappa shape index (κ1) is 21.1. The van der Waals surface area contributed by atoms with Gasteiger partial charge in [0.1, 0.15) is 0 Å². The molecule has 4 nitrogen and oxygen atoms in total. The van der Waals surface area contributed by atoms with Crippen molar-refractivity contribution in [3.8, 4) is 22.3 Å². The maximum absolute atomic E-state index is 13.5. The zero-order valence-corrected chi connectivity index (χ0v) is 19.0. The quantitative estimate of drug-likeness (QED) is 0.393. The third kappa shape index (κ3) is 4.42. The van der Waals surface area contributed by atoms with E-state index >= 15 is 0 Å². The Bertz CT molecular complexity index is 1260. The van der Waals surface area contributed by atoms with Crippen molar-refractivity contribution in [2.24, 2.45) is 0 Å². The number of hydrogen-bond acceptors (Lipinski definition) is 3. The van der Waals surface area contributed by atoms with E-state index in [4.69, 9.17) is 0 Å². The largest absolute Gasteiger partial charge is 0.338 e. The summed E-state index contributed by atoms with van der Waals surface area (Å²) in [6.07, 6.45) is 8.31. The molecule has 4 heteroatoms. The summed E-state index contributed by atoms with van der Waals surface area (Å²) in [5, 5.41) is 0. The number of benzene rings is 2. The van der Waals surface area contributed by atoms with Crippen molar-refractivity contribution < 1.29 is 4.79 Å². The van der Waals surface area contributed by atoms with Gasteiger partial charge in [-0.05, 0) is 66.8 Å². The Morgan fingerprint density at radius 1 is 0.848 bits per heavy atom. The highest BCUT2D eigenvalue weighted by molar-refractivity contribution is 5.98. The van der Waals surface area contributed by atoms with Crippen LogP contribution in [0.5, 0.6) is 0 Å². The Balaban J connectivity index is 1.50. The lowest BCUT2D eigenvalue weighted by atomic mass is 9.91. The van der Waals surface area contributed by atoms with E-state index in [0.717, 1.165) is 41.8 Å². The summed E-state index contributed by atoms with van der Waals surface area (Å²) in [5.74, 6) is 0.425. The molecule has 33 heavy (non-hydrogen) atoms. The number of likely N-dealkylation sites (tertiary alicyclic amines) is 1. The van der Waals surface area contributed by atoms with Crippen LogP contribution in [-0.4, -0.2) is 33.9 Å². The van der Waals surface area contributed by atoms with Gasteiger partial charge in [0.05, 0.1) is 0 Å². The fourth-order valence-electron chi connectivity index (χ4n) is 4.84. The van der Waals surface area contributed by atoms with Crippen LogP contribution in [0.4, 0.5) is 0 Å². The van der Waals surface area contributed by atoms with Crippen molar-refractivity contribution in [2.75, 3.05) is 13.1 Å². The van der Waals surface area contributed by atoms with Gasteiger partial charge in [0, 0.05) is 54.9 Å². The fourth-order valence-corrected chi connectivity index (χ4v) is 4.84. The van der Waals surface area contributed by atoms with Crippen molar-refractivity contribution in [3.05, 3.63) is 108 Å². The number of aromatic nitrogens is 2. The monoisotopic (exact) mass is 433 g/mol. The molecule has 1 aliphatic rings. The molecule has 2 aromatic heterocycles. The third-order valence-electron chi connectivity index (χ3n) is 6.40. The average molecular weight is 434 g/mol. The van der Waals surface area contributed by atoms with Gasteiger partial charge in [0.2, 0.25) is 0 Å². The first-order valence-electron chi connectivity index (χ1n) is 11.4. The van der Waals surface area contributed by atoms with E-state index in [0.29, 0.717) is 11.5 Å². The topological polar surface area (TPSA) is 46.1 Å². The van der Waals surface area contributed by atoms with Gasteiger partial charge in [0.25, 0.3) is 5.91 Å². The molecule has 0 bridgehead atoms. The van der Waals surface area contributed by atoms with Crippen molar-refractivity contribution in [1.82, 2.24) is 14.9 Å². The van der Waals surface area contributed by atoms with Crippen molar-refractivity contribution in [2.45, 2.75) is 26.2 Å². The predicted octanol–water partition coefficient (Wildman–Crippen LogP) is 6.06. The first-order valence-corrected chi connectivity index (χ1v) is 11.4. The molecule has 4 aromatic rings. The van der Waals surface area contributed by atoms with Crippen LogP contribution in [0.1, 0.15) is 39.4 Å². The number of rotatable bonds is 4. The molecule has 1 unspecified atom stereocenters. The second-order valence-corrected chi connectivity index (χ2v) is 8.90. The van der Waals surface area contributed by atoms with Crippen LogP contribution < -0.4 is 0 Å². The molecular weight excluding hydrogens is 406 g/mol. The molecule has 5 rings (SSSR count). The van der Waals surface area contributed by atoms with E-state index < -0.39 is 0 Å². The molecule has 1 amide bonds. The van der Waals surface area contributed by atoms with Gasteiger partial charge in [0.15, 0.2) is 0 Å². The molecule has 0 N–H and O–H groups in total. The number of carbonyl (C=O) groups is 1. The molecule has 1 fully saturated rings.